The van der Waals surface area contributed by atoms with Crippen molar-refractivity contribution in [1.29, 1.82) is 0 Å². The van der Waals surface area contributed by atoms with Gasteiger partial charge in [-0.25, -0.2) is 0 Å². The normalized spacial score (nSPS) is 11.7. The maximum atomic E-state index is 6.76. The number of fused-ring (bicyclic) bond motifs is 9. The lowest BCUT2D eigenvalue weighted by atomic mass is 9.97. The smallest absolute Gasteiger partial charge is 0.143 e. The molecule has 2 heterocycles. The first kappa shape index (κ1) is 36.9. The van der Waals surface area contributed by atoms with Gasteiger partial charge in [0, 0.05) is 38.6 Å². The van der Waals surface area contributed by atoms with E-state index in [-0.39, 0.29) is 0 Å². The Morgan fingerprint density at radius 2 is 0.923 bits per heavy atom. The fourth-order valence-electron chi connectivity index (χ4n) is 10.1. The molecule has 0 radical (unpaired) electrons. The number of furan rings is 1. The predicted molar refractivity (Wildman–Crippen MR) is 274 cm³/mol. The molecule has 0 saturated heterocycles. The molecule has 0 aliphatic rings. The van der Waals surface area contributed by atoms with Crippen molar-refractivity contribution in [2.45, 2.75) is 0 Å². The van der Waals surface area contributed by atoms with Crippen LogP contribution >= 0.6 is 0 Å². The van der Waals surface area contributed by atoms with Crippen LogP contribution in [-0.2, 0) is 0 Å². The molecule has 304 valence electrons. The third-order valence-corrected chi connectivity index (χ3v) is 13.2. The average Bonchev–Trinajstić information content (AvgIpc) is 3.93. The summed E-state index contributed by atoms with van der Waals surface area (Å²) in [6, 6.07) is 87.7. The number of hydrogen-bond donors (Lipinski definition) is 0. The van der Waals surface area contributed by atoms with Crippen LogP contribution in [0.4, 0.5) is 17.1 Å². The van der Waals surface area contributed by atoms with E-state index in [1.54, 1.807) is 0 Å². The minimum Gasteiger partial charge on any atom is -0.455 e. The van der Waals surface area contributed by atoms with Crippen LogP contribution in [-0.4, -0.2) is 4.57 Å². The van der Waals surface area contributed by atoms with Gasteiger partial charge >= 0.3 is 0 Å². The summed E-state index contributed by atoms with van der Waals surface area (Å²) in [7, 11) is 0. The lowest BCUT2D eigenvalue weighted by Gasteiger charge is -2.27. The minimum absolute atomic E-state index is 0.859. The van der Waals surface area contributed by atoms with Gasteiger partial charge in [-0.3, -0.25) is 0 Å². The number of benzene rings is 11. The molecule has 65 heavy (non-hydrogen) atoms. The fourth-order valence-corrected chi connectivity index (χ4v) is 10.1. The van der Waals surface area contributed by atoms with E-state index in [1.807, 2.05) is 0 Å². The van der Waals surface area contributed by atoms with Gasteiger partial charge in [-0.2, -0.15) is 0 Å². The van der Waals surface area contributed by atoms with Gasteiger partial charge < -0.3 is 13.9 Å². The molecule has 0 atom stereocenters. The van der Waals surface area contributed by atoms with Crippen molar-refractivity contribution in [3.63, 3.8) is 0 Å². The number of nitrogens with zero attached hydrogens (tertiary/aromatic N) is 2. The van der Waals surface area contributed by atoms with Crippen LogP contribution < -0.4 is 4.90 Å². The molecule has 3 heteroatoms. The number of aromatic nitrogens is 1. The van der Waals surface area contributed by atoms with E-state index in [4.69, 9.17) is 4.42 Å². The molecule has 0 aliphatic carbocycles. The quantitative estimate of drug-likeness (QED) is 0.160. The molecule has 13 aromatic rings. The number of para-hydroxylation sites is 1. The van der Waals surface area contributed by atoms with Crippen molar-refractivity contribution < 1.29 is 4.42 Å². The van der Waals surface area contributed by atoms with Crippen molar-refractivity contribution in [2.24, 2.45) is 0 Å². The summed E-state index contributed by atoms with van der Waals surface area (Å²) >= 11 is 0. The third-order valence-electron chi connectivity index (χ3n) is 13.2. The second-order valence-electron chi connectivity index (χ2n) is 16.9. The first-order chi connectivity index (χ1) is 32.2. The highest BCUT2D eigenvalue weighted by Gasteiger charge is 2.22. The molecule has 0 unspecified atom stereocenters. The Labute approximate surface area is 376 Å². The summed E-state index contributed by atoms with van der Waals surface area (Å²) in [6.07, 6.45) is 0. The first-order valence-electron chi connectivity index (χ1n) is 22.2. The van der Waals surface area contributed by atoms with Gasteiger partial charge in [0.15, 0.2) is 0 Å². The van der Waals surface area contributed by atoms with Gasteiger partial charge in [0.2, 0.25) is 0 Å². The van der Waals surface area contributed by atoms with E-state index in [1.165, 1.54) is 54.8 Å². The van der Waals surface area contributed by atoms with E-state index in [9.17, 15) is 0 Å². The van der Waals surface area contributed by atoms with E-state index in [2.05, 4.69) is 252 Å². The molecule has 13 rings (SSSR count). The SMILES string of the molecule is c1ccc(-c2ccc3c(c2)c2cc(-c4cccc(N(c5ccc(-c6cccc7ccccc67)cc5)c5cccc6oc7c8ccccc8ccc7c56)c4)ccc2n3-c2ccccc2)cc1. The standard InChI is InChI=1S/C62H40N2O/c1-3-14-41(15-4-1)46-31-36-57-55(39-46)56-40-47(32-37-58(56)64(57)48-20-5-2-6-21-48)45-19-11-22-50(38-45)63(49-33-28-44(29-34-49)52-25-12-18-42-16-7-9-23-51(42)52)59-26-13-27-60-61(59)54-35-30-43-17-8-10-24-53(43)62(54)65-60/h1-40H. The Morgan fingerprint density at radius 3 is 1.69 bits per heavy atom. The topological polar surface area (TPSA) is 21.3 Å². The number of rotatable bonds is 7. The third kappa shape index (κ3) is 6.12. The van der Waals surface area contributed by atoms with Crippen LogP contribution in [0.25, 0.3) is 104 Å². The Bertz CT molecular complexity index is 3930. The molecule has 2 aromatic heterocycles. The van der Waals surface area contributed by atoms with Crippen molar-refractivity contribution in [3.8, 4) is 39.1 Å². The molecule has 0 saturated carbocycles. The van der Waals surface area contributed by atoms with Crippen molar-refractivity contribution in [2.75, 3.05) is 4.90 Å². The summed E-state index contributed by atoms with van der Waals surface area (Å²) in [5.41, 5.74) is 15.5. The molecule has 0 bridgehead atoms. The largest absolute Gasteiger partial charge is 0.455 e. The Morgan fingerprint density at radius 1 is 0.338 bits per heavy atom. The van der Waals surface area contributed by atoms with Crippen LogP contribution in [0, 0.1) is 0 Å². The Kier molecular flexibility index (Phi) is 8.53. The highest BCUT2D eigenvalue weighted by atomic mass is 16.3. The van der Waals surface area contributed by atoms with Crippen molar-refractivity contribution in [1.82, 2.24) is 4.57 Å². The highest BCUT2D eigenvalue weighted by molar-refractivity contribution is 6.20. The molecule has 11 aromatic carbocycles. The van der Waals surface area contributed by atoms with Gasteiger partial charge in [0.25, 0.3) is 0 Å². The predicted octanol–water partition coefficient (Wildman–Crippen LogP) is 17.5. The van der Waals surface area contributed by atoms with E-state index >= 15 is 0 Å². The molecule has 0 aliphatic heterocycles. The molecule has 0 amide bonds. The zero-order valence-electron chi connectivity index (χ0n) is 35.4. The lowest BCUT2D eigenvalue weighted by Crippen LogP contribution is -2.10. The monoisotopic (exact) mass is 828 g/mol. The maximum absolute atomic E-state index is 6.76. The maximum Gasteiger partial charge on any atom is 0.143 e. The Hall–Kier alpha value is -8.66. The van der Waals surface area contributed by atoms with Crippen LogP contribution in [0.1, 0.15) is 0 Å². The Balaban J connectivity index is 0.998. The second kappa shape index (κ2) is 15.0. The summed E-state index contributed by atoms with van der Waals surface area (Å²) in [5, 5.41) is 9.37. The van der Waals surface area contributed by atoms with E-state index in [0.29, 0.717) is 0 Å². The zero-order chi connectivity index (χ0) is 42.8. The number of anilines is 3. The zero-order valence-corrected chi connectivity index (χ0v) is 35.4. The van der Waals surface area contributed by atoms with Crippen LogP contribution in [0.3, 0.4) is 0 Å². The summed E-state index contributed by atoms with van der Waals surface area (Å²) in [5.74, 6) is 0. The first-order valence-corrected chi connectivity index (χ1v) is 22.2. The minimum atomic E-state index is 0.859. The van der Waals surface area contributed by atoms with E-state index in [0.717, 1.165) is 66.6 Å². The molecule has 0 N–H and O–H groups in total. The van der Waals surface area contributed by atoms with Gasteiger partial charge in [-0.05, 0) is 128 Å². The molecular formula is C62H40N2O. The van der Waals surface area contributed by atoms with Crippen LogP contribution in [0.5, 0.6) is 0 Å². The van der Waals surface area contributed by atoms with Crippen LogP contribution in [0.2, 0.25) is 0 Å². The highest BCUT2D eigenvalue weighted by Crippen LogP contribution is 2.46. The summed E-state index contributed by atoms with van der Waals surface area (Å²) in [4.78, 5) is 2.40. The second-order valence-corrected chi connectivity index (χ2v) is 16.9. The lowest BCUT2D eigenvalue weighted by molar-refractivity contribution is 0.672. The van der Waals surface area contributed by atoms with Gasteiger partial charge in [-0.1, -0.05) is 164 Å². The van der Waals surface area contributed by atoms with Gasteiger partial charge in [-0.15, -0.1) is 0 Å². The molecule has 0 fully saturated rings. The van der Waals surface area contributed by atoms with E-state index < -0.39 is 0 Å². The van der Waals surface area contributed by atoms with Gasteiger partial charge in [0.05, 0.1) is 22.1 Å². The average molecular weight is 829 g/mol. The van der Waals surface area contributed by atoms with Crippen molar-refractivity contribution >= 4 is 82.4 Å². The number of hydrogen-bond acceptors (Lipinski definition) is 2. The van der Waals surface area contributed by atoms with Gasteiger partial charge in [0.1, 0.15) is 11.2 Å². The van der Waals surface area contributed by atoms with Crippen LogP contribution in [0.15, 0.2) is 247 Å². The summed E-state index contributed by atoms with van der Waals surface area (Å²) in [6.45, 7) is 0. The molecular weight excluding hydrogens is 789 g/mol. The molecule has 3 nitrogen and oxygen atoms in total. The fraction of sp³-hybridized carbons (Fsp3) is 0. The molecule has 0 spiro atoms. The van der Waals surface area contributed by atoms with Crippen molar-refractivity contribution in [3.05, 3.63) is 243 Å². The summed E-state index contributed by atoms with van der Waals surface area (Å²) < 4.78 is 9.15.